The second-order valence-electron chi connectivity index (χ2n) is 7.81. The summed E-state index contributed by atoms with van der Waals surface area (Å²) in [6, 6.07) is 20.2. The van der Waals surface area contributed by atoms with E-state index in [1.165, 1.54) is 18.4 Å². The number of carbonyl (C=O) groups excluding carboxylic acids is 1. The maximum atomic E-state index is 12.8. The number of aromatic nitrogens is 1. The standard InChI is InChI=1S/C25H25N3O/c26-14-19-5-4-8-22(13-19)23-16-27-17-24(23)25(29)28-15-18-9-11-21(12-10-18)20-6-2-1-3-7-20/h1-8,13,16-18,21,27H,9-12,15H2,(H,28,29). The van der Waals surface area contributed by atoms with E-state index in [1.54, 1.807) is 12.3 Å². The molecule has 1 aliphatic rings. The summed E-state index contributed by atoms with van der Waals surface area (Å²) in [5, 5.41) is 12.2. The van der Waals surface area contributed by atoms with Crippen LogP contribution in [0.4, 0.5) is 0 Å². The Kier molecular flexibility index (Phi) is 5.76. The summed E-state index contributed by atoms with van der Waals surface area (Å²) in [4.78, 5) is 15.8. The highest BCUT2D eigenvalue weighted by atomic mass is 16.1. The smallest absolute Gasteiger partial charge is 0.253 e. The zero-order valence-electron chi connectivity index (χ0n) is 16.4. The summed E-state index contributed by atoms with van der Waals surface area (Å²) < 4.78 is 0. The van der Waals surface area contributed by atoms with Crippen molar-refractivity contribution < 1.29 is 4.79 Å². The van der Waals surface area contributed by atoms with Crippen LogP contribution in [0.5, 0.6) is 0 Å². The molecule has 0 unspecified atom stereocenters. The minimum atomic E-state index is -0.0613. The lowest BCUT2D eigenvalue weighted by atomic mass is 9.78. The molecule has 4 nitrogen and oxygen atoms in total. The molecule has 0 bridgehead atoms. The Labute approximate surface area is 171 Å². The summed E-state index contributed by atoms with van der Waals surface area (Å²) in [7, 11) is 0. The van der Waals surface area contributed by atoms with E-state index in [4.69, 9.17) is 5.26 Å². The van der Waals surface area contributed by atoms with Crippen LogP contribution < -0.4 is 5.32 Å². The molecule has 0 saturated heterocycles. The van der Waals surface area contributed by atoms with Gasteiger partial charge in [0.25, 0.3) is 5.91 Å². The maximum absolute atomic E-state index is 12.8. The number of amides is 1. The van der Waals surface area contributed by atoms with Crippen LogP contribution in [0.3, 0.4) is 0 Å². The fourth-order valence-corrected chi connectivity index (χ4v) is 4.30. The predicted molar refractivity (Wildman–Crippen MR) is 114 cm³/mol. The first-order valence-corrected chi connectivity index (χ1v) is 10.2. The molecule has 0 aliphatic heterocycles. The van der Waals surface area contributed by atoms with E-state index in [2.05, 4.69) is 46.7 Å². The van der Waals surface area contributed by atoms with Crippen molar-refractivity contribution >= 4 is 5.91 Å². The molecule has 1 heterocycles. The van der Waals surface area contributed by atoms with Gasteiger partial charge >= 0.3 is 0 Å². The summed E-state index contributed by atoms with van der Waals surface area (Å²) in [5.74, 6) is 1.11. The van der Waals surface area contributed by atoms with Gasteiger partial charge < -0.3 is 10.3 Å². The van der Waals surface area contributed by atoms with Crippen molar-refractivity contribution in [3.05, 3.63) is 83.7 Å². The van der Waals surface area contributed by atoms with Gasteiger partial charge in [-0.3, -0.25) is 4.79 Å². The number of hydrogen-bond acceptors (Lipinski definition) is 2. The number of H-pyrrole nitrogens is 1. The van der Waals surface area contributed by atoms with Crippen molar-refractivity contribution in [3.63, 3.8) is 0 Å². The first-order valence-electron chi connectivity index (χ1n) is 10.2. The summed E-state index contributed by atoms with van der Waals surface area (Å²) in [6.07, 6.45) is 8.20. The van der Waals surface area contributed by atoms with Crippen LogP contribution in [0, 0.1) is 17.2 Å². The molecule has 1 amide bonds. The van der Waals surface area contributed by atoms with E-state index in [9.17, 15) is 4.79 Å². The molecule has 2 aromatic carbocycles. The molecule has 0 radical (unpaired) electrons. The summed E-state index contributed by atoms with van der Waals surface area (Å²) >= 11 is 0. The van der Waals surface area contributed by atoms with Crippen LogP contribution in [0.1, 0.15) is 53.1 Å². The minimum absolute atomic E-state index is 0.0613. The van der Waals surface area contributed by atoms with Gasteiger partial charge in [-0.05, 0) is 60.8 Å². The number of hydrogen-bond donors (Lipinski definition) is 2. The Morgan fingerprint density at radius 3 is 2.59 bits per heavy atom. The van der Waals surface area contributed by atoms with E-state index < -0.39 is 0 Å². The lowest BCUT2D eigenvalue weighted by molar-refractivity contribution is 0.0943. The van der Waals surface area contributed by atoms with Crippen LogP contribution in [0.25, 0.3) is 11.1 Å². The Balaban J connectivity index is 1.34. The van der Waals surface area contributed by atoms with Gasteiger partial charge in [-0.2, -0.15) is 5.26 Å². The van der Waals surface area contributed by atoms with Crippen LogP contribution in [-0.2, 0) is 0 Å². The van der Waals surface area contributed by atoms with Gasteiger partial charge in [0.05, 0.1) is 17.2 Å². The number of aromatic amines is 1. The molecule has 29 heavy (non-hydrogen) atoms. The molecule has 146 valence electrons. The number of nitrogens with zero attached hydrogens (tertiary/aromatic N) is 1. The van der Waals surface area contributed by atoms with Gasteiger partial charge in [0.2, 0.25) is 0 Å². The average Bonchev–Trinajstić information content (AvgIpc) is 3.29. The van der Waals surface area contributed by atoms with Crippen molar-refractivity contribution in [2.45, 2.75) is 31.6 Å². The van der Waals surface area contributed by atoms with E-state index in [-0.39, 0.29) is 5.91 Å². The number of carbonyl (C=O) groups is 1. The highest BCUT2D eigenvalue weighted by molar-refractivity contribution is 6.00. The van der Waals surface area contributed by atoms with Gasteiger partial charge in [-0.15, -0.1) is 0 Å². The zero-order chi connectivity index (χ0) is 20.1. The second kappa shape index (κ2) is 8.79. The number of benzene rings is 2. The third-order valence-corrected chi connectivity index (χ3v) is 5.96. The number of nitriles is 1. The highest BCUT2D eigenvalue weighted by Gasteiger charge is 2.23. The quantitative estimate of drug-likeness (QED) is 0.631. The molecule has 1 fully saturated rings. The number of rotatable bonds is 5. The second-order valence-corrected chi connectivity index (χ2v) is 7.81. The molecule has 1 aromatic heterocycles. The molecule has 3 aromatic rings. The fourth-order valence-electron chi connectivity index (χ4n) is 4.30. The van der Waals surface area contributed by atoms with Crippen molar-refractivity contribution in [3.8, 4) is 17.2 Å². The molecule has 4 rings (SSSR count). The normalized spacial score (nSPS) is 18.7. The van der Waals surface area contributed by atoms with Crippen molar-refractivity contribution in [1.29, 1.82) is 5.26 Å². The topological polar surface area (TPSA) is 68.7 Å². The monoisotopic (exact) mass is 383 g/mol. The molecule has 4 heteroatoms. The lowest BCUT2D eigenvalue weighted by Gasteiger charge is -2.29. The van der Waals surface area contributed by atoms with Gasteiger partial charge in [-0.25, -0.2) is 0 Å². The highest BCUT2D eigenvalue weighted by Crippen LogP contribution is 2.35. The van der Waals surface area contributed by atoms with Gasteiger partial charge in [0.15, 0.2) is 0 Å². The number of nitrogens with one attached hydrogen (secondary N) is 2. The first-order chi connectivity index (χ1) is 14.2. The Morgan fingerprint density at radius 1 is 1.03 bits per heavy atom. The largest absolute Gasteiger partial charge is 0.366 e. The lowest BCUT2D eigenvalue weighted by Crippen LogP contribution is -2.31. The van der Waals surface area contributed by atoms with Gasteiger partial charge in [0.1, 0.15) is 0 Å². The van der Waals surface area contributed by atoms with Crippen LogP contribution in [0.15, 0.2) is 67.0 Å². The van der Waals surface area contributed by atoms with Crippen molar-refractivity contribution in [2.75, 3.05) is 6.54 Å². The minimum Gasteiger partial charge on any atom is -0.366 e. The molecule has 0 spiro atoms. The first kappa shape index (κ1) is 19.0. The van der Waals surface area contributed by atoms with Crippen molar-refractivity contribution in [1.82, 2.24) is 10.3 Å². The van der Waals surface area contributed by atoms with Crippen LogP contribution in [0.2, 0.25) is 0 Å². The Bertz CT molecular complexity index is 1010. The third-order valence-electron chi connectivity index (χ3n) is 5.96. The fraction of sp³-hybridized carbons (Fsp3) is 0.280. The van der Waals surface area contributed by atoms with Gasteiger partial charge in [-0.1, -0.05) is 42.5 Å². The molecular weight excluding hydrogens is 358 g/mol. The maximum Gasteiger partial charge on any atom is 0.253 e. The molecular formula is C25H25N3O. The van der Waals surface area contributed by atoms with E-state index in [0.717, 1.165) is 24.0 Å². The SMILES string of the molecule is N#Cc1cccc(-c2c[nH]cc2C(=O)NCC2CCC(c3ccccc3)CC2)c1. The zero-order valence-corrected chi connectivity index (χ0v) is 16.4. The predicted octanol–water partition coefficient (Wildman–Crippen LogP) is 5.26. The Morgan fingerprint density at radius 2 is 1.83 bits per heavy atom. The molecule has 2 N–H and O–H groups in total. The van der Waals surface area contributed by atoms with Crippen LogP contribution in [-0.4, -0.2) is 17.4 Å². The summed E-state index contributed by atoms with van der Waals surface area (Å²) in [5.41, 5.74) is 4.35. The Hall–Kier alpha value is -3.32. The molecule has 1 saturated carbocycles. The van der Waals surface area contributed by atoms with E-state index >= 15 is 0 Å². The third kappa shape index (κ3) is 4.41. The molecule has 0 atom stereocenters. The van der Waals surface area contributed by atoms with E-state index in [1.807, 2.05) is 24.4 Å². The average molecular weight is 383 g/mol. The summed E-state index contributed by atoms with van der Waals surface area (Å²) in [6.45, 7) is 0.712. The molecule has 1 aliphatic carbocycles. The van der Waals surface area contributed by atoms with Gasteiger partial charge in [0, 0.05) is 24.5 Å². The van der Waals surface area contributed by atoms with Crippen LogP contribution >= 0.6 is 0 Å². The van der Waals surface area contributed by atoms with E-state index in [0.29, 0.717) is 29.5 Å². The van der Waals surface area contributed by atoms with Crippen molar-refractivity contribution in [2.24, 2.45) is 5.92 Å².